The number of rotatable bonds is 4. The third kappa shape index (κ3) is 2.62. The largest absolute Gasteiger partial charge is 0.350 e. The first-order chi connectivity index (χ1) is 10.3. The van der Waals surface area contributed by atoms with Gasteiger partial charge in [0.1, 0.15) is 5.65 Å². The predicted molar refractivity (Wildman–Crippen MR) is 76.7 cm³/mol. The number of hydrogen-bond donors (Lipinski definition) is 1. The quantitative estimate of drug-likeness (QED) is 0.785. The average Bonchev–Trinajstić information content (AvgIpc) is 3.12. The lowest BCUT2D eigenvalue weighted by Crippen LogP contribution is -2.27. The van der Waals surface area contributed by atoms with E-state index < -0.39 is 0 Å². The summed E-state index contributed by atoms with van der Waals surface area (Å²) in [6, 6.07) is 10.6. The lowest BCUT2D eigenvalue weighted by atomic mass is 10.1. The summed E-state index contributed by atoms with van der Waals surface area (Å²) in [5, 5.41) is 15.8. The molecule has 1 N–H and O–H groups in total. The molecule has 6 nitrogen and oxygen atoms in total. The number of carbonyl (C=O) groups is 1. The lowest BCUT2D eigenvalue weighted by molar-refractivity contribution is 0.0952. The SMILES string of the molecule is N#Cc1cccc(C(=O)NCCn2ccn3nccc23)c1. The number of nitrogens with zero attached hydrogens (tertiary/aromatic N) is 4. The van der Waals surface area contributed by atoms with E-state index in [0.29, 0.717) is 24.2 Å². The molecule has 2 heterocycles. The molecule has 0 fully saturated rings. The highest BCUT2D eigenvalue weighted by atomic mass is 16.1. The van der Waals surface area contributed by atoms with Crippen molar-refractivity contribution in [1.82, 2.24) is 19.5 Å². The van der Waals surface area contributed by atoms with Gasteiger partial charge in [-0.25, -0.2) is 4.52 Å². The molecule has 0 bridgehead atoms. The third-order valence-electron chi connectivity index (χ3n) is 3.22. The fourth-order valence-electron chi connectivity index (χ4n) is 2.18. The van der Waals surface area contributed by atoms with Crippen LogP contribution in [0.25, 0.3) is 5.65 Å². The molecule has 1 aromatic carbocycles. The number of nitriles is 1. The zero-order valence-electron chi connectivity index (χ0n) is 11.2. The second-order valence-electron chi connectivity index (χ2n) is 4.57. The molecule has 104 valence electrons. The Bertz CT molecular complexity index is 824. The van der Waals surface area contributed by atoms with Crippen molar-refractivity contribution in [2.45, 2.75) is 6.54 Å². The Balaban J connectivity index is 1.61. The van der Waals surface area contributed by atoms with Crippen LogP contribution in [0.5, 0.6) is 0 Å². The minimum Gasteiger partial charge on any atom is -0.350 e. The first-order valence-electron chi connectivity index (χ1n) is 6.55. The standard InChI is InChI=1S/C15H13N5O/c16-11-12-2-1-3-13(10-12)15(21)17-6-7-19-8-9-20-14(19)4-5-18-20/h1-5,8-10H,6-7H2,(H,17,21). The number of amides is 1. The Hall–Kier alpha value is -3.07. The Kier molecular flexibility index (Phi) is 3.39. The van der Waals surface area contributed by atoms with Gasteiger partial charge in [-0.2, -0.15) is 10.4 Å². The Morgan fingerprint density at radius 2 is 2.24 bits per heavy atom. The highest BCUT2D eigenvalue weighted by molar-refractivity contribution is 5.94. The highest BCUT2D eigenvalue weighted by Crippen LogP contribution is 2.05. The first-order valence-corrected chi connectivity index (χ1v) is 6.55. The van der Waals surface area contributed by atoms with Crippen LogP contribution < -0.4 is 5.32 Å². The van der Waals surface area contributed by atoms with Crippen LogP contribution in [0.4, 0.5) is 0 Å². The Labute approximate surface area is 121 Å². The van der Waals surface area contributed by atoms with E-state index in [4.69, 9.17) is 5.26 Å². The van der Waals surface area contributed by atoms with Crippen molar-refractivity contribution in [3.05, 3.63) is 60.0 Å². The van der Waals surface area contributed by atoms with Gasteiger partial charge in [0.05, 0.1) is 17.8 Å². The van der Waals surface area contributed by atoms with Crippen LogP contribution in [0.3, 0.4) is 0 Å². The molecule has 0 aliphatic heterocycles. The molecule has 1 amide bonds. The molecule has 0 unspecified atom stereocenters. The van der Waals surface area contributed by atoms with E-state index in [9.17, 15) is 4.79 Å². The normalized spacial score (nSPS) is 10.4. The molecule has 0 spiro atoms. The van der Waals surface area contributed by atoms with E-state index in [1.54, 1.807) is 35.0 Å². The van der Waals surface area contributed by atoms with Gasteiger partial charge in [-0.1, -0.05) is 6.07 Å². The molecule has 3 rings (SSSR count). The molecule has 21 heavy (non-hydrogen) atoms. The minimum absolute atomic E-state index is 0.177. The van der Waals surface area contributed by atoms with Crippen molar-refractivity contribution in [1.29, 1.82) is 5.26 Å². The number of aromatic nitrogens is 3. The van der Waals surface area contributed by atoms with Crippen LogP contribution in [0.15, 0.2) is 48.9 Å². The van der Waals surface area contributed by atoms with E-state index in [1.165, 1.54) is 0 Å². The number of nitrogens with one attached hydrogen (secondary N) is 1. The Morgan fingerprint density at radius 1 is 1.33 bits per heavy atom. The third-order valence-corrected chi connectivity index (χ3v) is 3.22. The van der Waals surface area contributed by atoms with Crippen LogP contribution in [0.1, 0.15) is 15.9 Å². The maximum Gasteiger partial charge on any atom is 0.251 e. The monoisotopic (exact) mass is 279 g/mol. The molecule has 0 aliphatic carbocycles. The van der Waals surface area contributed by atoms with E-state index in [1.807, 2.05) is 29.1 Å². The van der Waals surface area contributed by atoms with Crippen molar-refractivity contribution in [3.8, 4) is 6.07 Å². The molecular formula is C15H13N5O. The van der Waals surface area contributed by atoms with Crippen LogP contribution in [-0.4, -0.2) is 26.6 Å². The van der Waals surface area contributed by atoms with Crippen molar-refractivity contribution in [3.63, 3.8) is 0 Å². The van der Waals surface area contributed by atoms with Crippen LogP contribution >= 0.6 is 0 Å². The summed E-state index contributed by atoms with van der Waals surface area (Å²) in [4.78, 5) is 12.0. The van der Waals surface area contributed by atoms with Crippen molar-refractivity contribution >= 4 is 11.6 Å². The topological polar surface area (TPSA) is 75.1 Å². The van der Waals surface area contributed by atoms with Gasteiger partial charge in [-0.3, -0.25) is 4.79 Å². The van der Waals surface area contributed by atoms with Gasteiger partial charge in [0, 0.05) is 37.1 Å². The highest BCUT2D eigenvalue weighted by Gasteiger charge is 2.06. The van der Waals surface area contributed by atoms with Crippen molar-refractivity contribution in [2.75, 3.05) is 6.54 Å². The molecule has 0 aliphatic rings. The molecule has 0 atom stereocenters. The van der Waals surface area contributed by atoms with Gasteiger partial charge >= 0.3 is 0 Å². The maximum absolute atomic E-state index is 12.0. The van der Waals surface area contributed by atoms with E-state index in [0.717, 1.165) is 5.65 Å². The van der Waals surface area contributed by atoms with Gasteiger partial charge in [-0.15, -0.1) is 0 Å². The molecule has 0 saturated carbocycles. The van der Waals surface area contributed by atoms with Crippen LogP contribution in [0.2, 0.25) is 0 Å². The molecule has 0 saturated heterocycles. The zero-order chi connectivity index (χ0) is 14.7. The van der Waals surface area contributed by atoms with Gasteiger partial charge in [0.2, 0.25) is 0 Å². The van der Waals surface area contributed by atoms with Crippen LogP contribution in [-0.2, 0) is 6.54 Å². The smallest absolute Gasteiger partial charge is 0.251 e. The van der Waals surface area contributed by atoms with Crippen molar-refractivity contribution in [2.24, 2.45) is 0 Å². The summed E-state index contributed by atoms with van der Waals surface area (Å²) in [5.74, 6) is -0.177. The second-order valence-corrected chi connectivity index (χ2v) is 4.57. The van der Waals surface area contributed by atoms with E-state index in [-0.39, 0.29) is 5.91 Å². The Morgan fingerprint density at radius 3 is 3.10 bits per heavy atom. The zero-order valence-corrected chi connectivity index (χ0v) is 11.2. The number of benzene rings is 1. The number of carbonyl (C=O) groups excluding carboxylic acids is 1. The van der Waals surface area contributed by atoms with E-state index in [2.05, 4.69) is 10.4 Å². The van der Waals surface area contributed by atoms with Gasteiger partial charge in [0.25, 0.3) is 5.91 Å². The minimum atomic E-state index is -0.177. The summed E-state index contributed by atoms with van der Waals surface area (Å²) in [5.41, 5.74) is 1.96. The van der Waals surface area contributed by atoms with Gasteiger partial charge in [-0.05, 0) is 18.2 Å². The lowest BCUT2D eigenvalue weighted by Gasteiger charge is -2.06. The molecule has 0 radical (unpaired) electrons. The molecule has 6 heteroatoms. The summed E-state index contributed by atoms with van der Waals surface area (Å²) < 4.78 is 3.79. The van der Waals surface area contributed by atoms with Crippen molar-refractivity contribution < 1.29 is 4.79 Å². The summed E-state index contributed by atoms with van der Waals surface area (Å²) in [6.07, 6.45) is 5.52. The molecule has 2 aromatic heterocycles. The second kappa shape index (κ2) is 5.51. The first kappa shape index (κ1) is 12.9. The predicted octanol–water partition coefficient (Wildman–Crippen LogP) is 1.44. The fourth-order valence-corrected chi connectivity index (χ4v) is 2.18. The molecular weight excluding hydrogens is 266 g/mol. The summed E-state index contributed by atoms with van der Waals surface area (Å²) >= 11 is 0. The average molecular weight is 279 g/mol. The number of imidazole rings is 1. The number of hydrogen-bond acceptors (Lipinski definition) is 3. The van der Waals surface area contributed by atoms with E-state index >= 15 is 0 Å². The van der Waals surface area contributed by atoms with Gasteiger partial charge in [0.15, 0.2) is 0 Å². The summed E-state index contributed by atoms with van der Waals surface area (Å²) in [6.45, 7) is 1.16. The summed E-state index contributed by atoms with van der Waals surface area (Å²) in [7, 11) is 0. The van der Waals surface area contributed by atoms with Crippen LogP contribution in [0, 0.1) is 11.3 Å². The van der Waals surface area contributed by atoms with Gasteiger partial charge < -0.3 is 9.88 Å². The maximum atomic E-state index is 12.0. The fraction of sp³-hybridized carbons (Fsp3) is 0.133. The number of fused-ring (bicyclic) bond motifs is 1. The molecule has 3 aromatic rings.